The van der Waals surface area contributed by atoms with Crippen molar-refractivity contribution < 1.29 is 22.8 Å². The molecule has 0 radical (unpaired) electrons. The lowest BCUT2D eigenvalue weighted by atomic mass is 9.98. The molecule has 7 heteroatoms. The molecule has 4 rings (SSSR count). The van der Waals surface area contributed by atoms with Gasteiger partial charge in [0.1, 0.15) is 11.5 Å². The van der Waals surface area contributed by atoms with Gasteiger partial charge in [0.25, 0.3) is 11.8 Å². The van der Waals surface area contributed by atoms with Gasteiger partial charge in [-0.1, -0.05) is 19.1 Å². The molecule has 150 valence electrons. The topological polar surface area (TPSA) is 40.6 Å². The van der Waals surface area contributed by atoms with E-state index < -0.39 is 29.3 Å². The average Bonchev–Trinajstić information content (AvgIpc) is 2.95. The fraction of sp³-hybridized carbons (Fsp3) is 0.273. The molecule has 0 N–H and O–H groups in total. The summed E-state index contributed by atoms with van der Waals surface area (Å²) in [5.74, 6) is -3.56. The van der Waals surface area contributed by atoms with Crippen LogP contribution in [0.1, 0.15) is 25.3 Å². The molecule has 0 bridgehead atoms. The van der Waals surface area contributed by atoms with Crippen LogP contribution in [0.2, 0.25) is 0 Å². The Hall–Kier alpha value is -3.09. The monoisotopic (exact) mass is 400 g/mol. The van der Waals surface area contributed by atoms with Crippen molar-refractivity contribution in [1.29, 1.82) is 0 Å². The molecular formula is C22H19F3N2O2. The Balaban J connectivity index is 1.83. The minimum absolute atomic E-state index is 0.0430. The summed E-state index contributed by atoms with van der Waals surface area (Å²) in [4.78, 5) is 29.3. The summed E-state index contributed by atoms with van der Waals surface area (Å²) in [6, 6.07) is 8.22. The van der Waals surface area contributed by atoms with E-state index in [0.717, 1.165) is 29.9 Å². The van der Waals surface area contributed by atoms with E-state index in [-0.39, 0.29) is 17.0 Å². The highest BCUT2D eigenvalue weighted by Gasteiger charge is 2.43. The van der Waals surface area contributed by atoms with Crippen LogP contribution in [0.15, 0.2) is 48.2 Å². The summed E-state index contributed by atoms with van der Waals surface area (Å²) in [7, 11) is 0. The third-order valence-corrected chi connectivity index (χ3v) is 5.33. The maximum atomic E-state index is 13.8. The van der Waals surface area contributed by atoms with Crippen LogP contribution in [0.25, 0.3) is 5.57 Å². The van der Waals surface area contributed by atoms with Gasteiger partial charge >= 0.3 is 0 Å². The second-order valence-corrected chi connectivity index (χ2v) is 7.47. The molecule has 4 nitrogen and oxygen atoms in total. The Bertz CT molecular complexity index is 1020. The van der Waals surface area contributed by atoms with Crippen molar-refractivity contribution in [2.24, 2.45) is 5.92 Å². The van der Waals surface area contributed by atoms with Gasteiger partial charge in [0.15, 0.2) is 11.6 Å². The van der Waals surface area contributed by atoms with Crippen LogP contribution >= 0.6 is 0 Å². The molecule has 2 heterocycles. The van der Waals surface area contributed by atoms with Gasteiger partial charge in [0.05, 0.1) is 11.3 Å². The SMILES string of the molecule is CC1CCCN(C2=C(c3ccc(F)cc3)C(=O)N(c3ccc(F)c(F)c3)C2=O)C1. The number of carbonyl (C=O) groups is 2. The van der Waals surface area contributed by atoms with Crippen molar-refractivity contribution in [1.82, 2.24) is 4.90 Å². The van der Waals surface area contributed by atoms with Gasteiger partial charge in [-0.15, -0.1) is 0 Å². The summed E-state index contributed by atoms with van der Waals surface area (Å²) < 4.78 is 40.5. The van der Waals surface area contributed by atoms with Gasteiger partial charge in [0.2, 0.25) is 0 Å². The first-order valence-electron chi connectivity index (χ1n) is 9.46. The molecular weight excluding hydrogens is 381 g/mol. The zero-order valence-corrected chi connectivity index (χ0v) is 15.8. The molecule has 1 unspecified atom stereocenters. The van der Waals surface area contributed by atoms with Crippen molar-refractivity contribution in [2.75, 3.05) is 18.0 Å². The minimum atomic E-state index is -1.15. The maximum absolute atomic E-state index is 13.8. The number of benzene rings is 2. The highest BCUT2D eigenvalue weighted by atomic mass is 19.2. The molecule has 0 aliphatic carbocycles. The Morgan fingerprint density at radius 1 is 0.931 bits per heavy atom. The van der Waals surface area contributed by atoms with E-state index in [2.05, 4.69) is 6.92 Å². The number of piperidine rings is 1. The third-order valence-electron chi connectivity index (χ3n) is 5.33. The second-order valence-electron chi connectivity index (χ2n) is 7.47. The number of rotatable bonds is 3. The normalized spacial score (nSPS) is 20.1. The van der Waals surface area contributed by atoms with Crippen molar-refractivity contribution in [3.8, 4) is 0 Å². The van der Waals surface area contributed by atoms with E-state index in [9.17, 15) is 22.8 Å². The smallest absolute Gasteiger partial charge is 0.282 e. The number of carbonyl (C=O) groups excluding carboxylic acids is 2. The Morgan fingerprint density at radius 3 is 2.31 bits per heavy atom. The fourth-order valence-electron chi connectivity index (χ4n) is 3.94. The number of nitrogens with zero attached hydrogens (tertiary/aromatic N) is 2. The van der Waals surface area contributed by atoms with Crippen LogP contribution in [0, 0.1) is 23.4 Å². The quantitative estimate of drug-likeness (QED) is 0.728. The van der Waals surface area contributed by atoms with Crippen LogP contribution in [0.5, 0.6) is 0 Å². The predicted molar refractivity (Wildman–Crippen MR) is 102 cm³/mol. The van der Waals surface area contributed by atoms with Gasteiger partial charge in [-0.05, 0) is 48.6 Å². The Morgan fingerprint density at radius 2 is 1.66 bits per heavy atom. The van der Waals surface area contributed by atoms with Crippen molar-refractivity contribution in [3.05, 3.63) is 71.2 Å². The van der Waals surface area contributed by atoms with Crippen LogP contribution in [-0.2, 0) is 9.59 Å². The maximum Gasteiger partial charge on any atom is 0.282 e. The third kappa shape index (κ3) is 3.41. The zero-order chi connectivity index (χ0) is 20.7. The molecule has 1 saturated heterocycles. The highest BCUT2D eigenvalue weighted by molar-refractivity contribution is 6.45. The number of amides is 2. The molecule has 0 spiro atoms. The van der Waals surface area contributed by atoms with Crippen LogP contribution in [0.3, 0.4) is 0 Å². The van der Waals surface area contributed by atoms with E-state index in [1.54, 1.807) is 0 Å². The lowest BCUT2D eigenvalue weighted by Crippen LogP contribution is -2.39. The lowest BCUT2D eigenvalue weighted by molar-refractivity contribution is -0.120. The molecule has 2 aliphatic rings. The van der Waals surface area contributed by atoms with Crippen LogP contribution in [-0.4, -0.2) is 29.8 Å². The molecule has 2 aliphatic heterocycles. The number of hydrogen-bond acceptors (Lipinski definition) is 3. The number of likely N-dealkylation sites (tertiary alicyclic amines) is 1. The van der Waals surface area contributed by atoms with E-state index in [4.69, 9.17) is 0 Å². The highest BCUT2D eigenvalue weighted by Crippen LogP contribution is 2.36. The molecule has 2 aromatic rings. The van der Waals surface area contributed by atoms with Crippen LogP contribution in [0.4, 0.5) is 18.9 Å². The van der Waals surface area contributed by atoms with Gasteiger partial charge in [-0.25, -0.2) is 18.1 Å². The first-order valence-corrected chi connectivity index (χ1v) is 9.46. The molecule has 2 amide bonds. The summed E-state index contributed by atoms with van der Waals surface area (Å²) >= 11 is 0. The summed E-state index contributed by atoms with van der Waals surface area (Å²) in [5, 5.41) is 0. The second kappa shape index (κ2) is 7.39. The minimum Gasteiger partial charge on any atom is -0.366 e. The van der Waals surface area contributed by atoms with Gasteiger partial charge in [0, 0.05) is 19.2 Å². The summed E-state index contributed by atoms with van der Waals surface area (Å²) in [6.45, 7) is 3.28. The Labute approximate surface area is 166 Å². The van der Waals surface area contributed by atoms with Crippen molar-refractivity contribution >= 4 is 23.1 Å². The molecule has 2 aromatic carbocycles. The summed E-state index contributed by atoms with van der Waals surface area (Å²) in [5.41, 5.74) is 0.730. The molecule has 0 aromatic heterocycles. The van der Waals surface area contributed by atoms with Gasteiger partial charge in [-0.2, -0.15) is 0 Å². The standard InChI is InChI=1S/C22H19F3N2O2/c1-13-3-2-10-26(12-13)20-19(14-4-6-15(23)7-5-14)21(28)27(22(20)29)16-8-9-17(24)18(25)11-16/h4-9,11,13H,2-3,10,12H2,1H3. The number of halogens is 3. The first-order chi connectivity index (χ1) is 13.9. The largest absolute Gasteiger partial charge is 0.366 e. The molecule has 0 saturated carbocycles. The predicted octanol–water partition coefficient (Wildman–Crippen LogP) is 4.12. The van der Waals surface area contributed by atoms with Crippen molar-refractivity contribution in [2.45, 2.75) is 19.8 Å². The number of imide groups is 1. The lowest BCUT2D eigenvalue weighted by Gasteiger charge is -2.33. The van der Waals surface area contributed by atoms with Gasteiger partial charge < -0.3 is 4.90 Å². The van der Waals surface area contributed by atoms with Crippen LogP contribution < -0.4 is 4.90 Å². The van der Waals surface area contributed by atoms with Crippen molar-refractivity contribution in [3.63, 3.8) is 0 Å². The van der Waals surface area contributed by atoms with Gasteiger partial charge in [-0.3, -0.25) is 9.59 Å². The van der Waals surface area contributed by atoms with E-state index in [0.29, 0.717) is 24.6 Å². The van der Waals surface area contributed by atoms with E-state index in [1.165, 1.54) is 30.3 Å². The number of hydrogen-bond donors (Lipinski definition) is 0. The van der Waals surface area contributed by atoms with E-state index >= 15 is 0 Å². The molecule has 1 atom stereocenters. The number of anilines is 1. The van der Waals surface area contributed by atoms with E-state index in [1.807, 2.05) is 4.90 Å². The molecule has 29 heavy (non-hydrogen) atoms. The first kappa shape index (κ1) is 19.2. The Kier molecular flexibility index (Phi) is 4.90. The molecule has 1 fully saturated rings. The average molecular weight is 400 g/mol. The fourth-order valence-corrected chi connectivity index (χ4v) is 3.94. The zero-order valence-electron chi connectivity index (χ0n) is 15.8. The summed E-state index contributed by atoms with van der Waals surface area (Å²) in [6.07, 6.45) is 1.89.